The zero-order chi connectivity index (χ0) is 12.0. The lowest BCUT2D eigenvalue weighted by atomic mass is 10.1. The van der Waals surface area contributed by atoms with Gasteiger partial charge in [0.1, 0.15) is 5.75 Å². The van der Waals surface area contributed by atoms with Gasteiger partial charge in [0.2, 0.25) is 0 Å². The van der Waals surface area contributed by atoms with Gasteiger partial charge in [-0.3, -0.25) is 0 Å². The van der Waals surface area contributed by atoms with Crippen LogP contribution in [0.2, 0.25) is 0 Å². The zero-order valence-electron chi connectivity index (χ0n) is 10.3. The van der Waals surface area contributed by atoms with Crippen molar-refractivity contribution < 1.29 is 9.84 Å². The number of nitrogens with one attached hydrogen (secondary N) is 1. The molecule has 0 heterocycles. The van der Waals surface area contributed by atoms with Gasteiger partial charge in [-0.25, -0.2) is 0 Å². The van der Waals surface area contributed by atoms with Crippen molar-refractivity contribution in [3.63, 3.8) is 0 Å². The lowest BCUT2D eigenvalue weighted by Gasteiger charge is -2.11. The van der Waals surface area contributed by atoms with Crippen molar-refractivity contribution >= 4 is 0 Å². The Kier molecular flexibility index (Phi) is 5.29. The highest BCUT2D eigenvalue weighted by molar-refractivity contribution is 5.36. The minimum absolute atomic E-state index is 0.166. The van der Waals surface area contributed by atoms with Gasteiger partial charge in [0.25, 0.3) is 0 Å². The molecule has 0 saturated carbocycles. The van der Waals surface area contributed by atoms with Crippen molar-refractivity contribution in [2.24, 2.45) is 0 Å². The fraction of sp³-hybridized carbons (Fsp3) is 0.538. The molecule has 1 aromatic carbocycles. The summed E-state index contributed by atoms with van der Waals surface area (Å²) in [5.74, 6) is 0.931. The lowest BCUT2D eigenvalue weighted by molar-refractivity contribution is 0.252. The number of aliphatic hydroxyl groups excluding tert-OH is 1. The highest BCUT2D eigenvalue weighted by Crippen LogP contribution is 2.18. The number of aryl methyl sites for hydroxylation is 1. The van der Waals surface area contributed by atoms with Crippen LogP contribution in [-0.4, -0.2) is 31.4 Å². The van der Waals surface area contributed by atoms with E-state index in [0.29, 0.717) is 0 Å². The van der Waals surface area contributed by atoms with Crippen molar-refractivity contribution in [2.45, 2.75) is 26.3 Å². The van der Waals surface area contributed by atoms with E-state index in [1.165, 1.54) is 5.56 Å². The van der Waals surface area contributed by atoms with Crippen LogP contribution in [0.25, 0.3) is 0 Å². The summed E-state index contributed by atoms with van der Waals surface area (Å²) in [5, 5.41) is 12.1. The van der Waals surface area contributed by atoms with E-state index in [2.05, 4.69) is 17.4 Å². The summed E-state index contributed by atoms with van der Waals surface area (Å²) in [6.07, 6.45) is 0.967. The molecule has 1 aromatic rings. The molecule has 0 bridgehead atoms. The van der Waals surface area contributed by atoms with Crippen molar-refractivity contribution in [1.29, 1.82) is 0 Å². The Morgan fingerprint density at radius 1 is 1.44 bits per heavy atom. The van der Waals surface area contributed by atoms with Crippen molar-refractivity contribution in [2.75, 3.05) is 20.3 Å². The number of methoxy groups -OCH3 is 1. The van der Waals surface area contributed by atoms with Crippen molar-refractivity contribution in [3.8, 4) is 5.75 Å². The van der Waals surface area contributed by atoms with Gasteiger partial charge in [0.05, 0.1) is 13.7 Å². The Hall–Kier alpha value is -1.06. The maximum atomic E-state index is 8.87. The number of rotatable bonds is 6. The van der Waals surface area contributed by atoms with Crippen LogP contribution in [0, 0.1) is 6.92 Å². The van der Waals surface area contributed by atoms with Crippen LogP contribution in [-0.2, 0) is 6.42 Å². The third-order valence-corrected chi connectivity index (χ3v) is 2.64. The molecule has 3 nitrogen and oxygen atoms in total. The molecule has 1 rings (SSSR count). The first-order valence-electron chi connectivity index (χ1n) is 5.65. The van der Waals surface area contributed by atoms with Crippen LogP contribution in [0.4, 0.5) is 0 Å². The largest absolute Gasteiger partial charge is 0.496 e. The summed E-state index contributed by atoms with van der Waals surface area (Å²) in [6.45, 7) is 5.08. The van der Waals surface area contributed by atoms with Gasteiger partial charge < -0.3 is 15.2 Å². The first-order chi connectivity index (χ1) is 7.67. The number of ether oxygens (including phenoxy) is 1. The Morgan fingerprint density at radius 3 is 2.75 bits per heavy atom. The lowest BCUT2D eigenvalue weighted by Crippen LogP contribution is -2.30. The van der Waals surface area contributed by atoms with Crippen LogP contribution in [0.1, 0.15) is 18.1 Å². The molecule has 0 amide bonds. The Labute approximate surface area is 97.4 Å². The fourth-order valence-corrected chi connectivity index (χ4v) is 1.62. The first-order valence-corrected chi connectivity index (χ1v) is 5.65. The third-order valence-electron chi connectivity index (χ3n) is 2.64. The number of hydrogen-bond acceptors (Lipinski definition) is 3. The van der Waals surface area contributed by atoms with E-state index in [-0.39, 0.29) is 12.6 Å². The monoisotopic (exact) mass is 223 g/mol. The molecule has 90 valence electrons. The topological polar surface area (TPSA) is 41.5 Å². The second-order valence-corrected chi connectivity index (χ2v) is 4.09. The van der Waals surface area contributed by atoms with E-state index < -0.39 is 0 Å². The van der Waals surface area contributed by atoms with Gasteiger partial charge in [-0.1, -0.05) is 12.1 Å². The van der Waals surface area contributed by atoms with Gasteiger partial charge in [-0.15, -0.1) is 0 Å². The maximum Gasteiger partial charge on any atom is 0.121 e. The molecular weight excluding hydrogens is 202 g/mol. The van der Waals surface area contributed by atoms with E-state index in [0.717, 1.165) is 24.3 Å². The minimum atomic E-state index is 0.166. The van der Waals surface area contributed by atoms with Gasteiger partial charge in [0.15, 0.2) is 0 Å². The van der Waals surface area contributed by atoms with E-state index in [1.54, 1.807) is 7.11 Å². The smallest absolute Gasteiger partial charge is 0.121 e. The summed E-state index contributed by atoms with van der Waals surface area (Å²) < 4.78 is 5.21. The quantitative estimate of drug-likeness (QED) is 0.768. The molecule has 3 heteroatoms. The second kappa shape index (κ2) is 6.51. The normalized spacial score (nSPS) is 12.5. The van der Waals surface area contributed by atoms with Gasteiger partial charge in [-0.05, 0) is 44.0 Å². The van der Waals surface area contributed by atoms with E-state index in [9.17, 15) is 0 Å². The SMILES string of the molecule is COc1ccc(CCNC(C)CO)cc1C. The molecule has 0 aliphatic carbocycles. The zero-order valence-corrected chi connectivity index (χ0v) is 10.3. The second-order valence-electron chi connectivity index (χ2n) is 4.09. The molecule has 0 aromatic heterocycles. The van der Waals surface area contributed by atoms with Crippen LogP contribution in [0.3, 0.4) is 0 Å². The molecule has 0 aliphatic rings. The number of benzene rings is 1. The summed E-state index contributed by atoms with van der Waals surface area (Å²) >= 11 is 0. The van der Waals surface area contributed by atoms with Crippen LogP contribution >= 0.6 is 0 Å². The minimum Gasteiger partial charge on any atom is -0.496 e. The molecule has 0 fully saturated rings. The predicted molar refractivity (Wildman–Crippen MR) is 66.0 cm³/mol. The Balaban J connectivity index is 2.46. The molecule has 1 unspecified atom stereocenters. The standard InChI is InChI=1S/C13H21NO2/c1-10-8-12(4-5-13(10)16-3)6-7-14-11(2)9-15/h4-5,8,11,14-15H,6-7,9H2,1-3H3. The molecular formula is C13H21NO2. The fourth-order valence-electron chi connectivity index (χ4n) is 1.62. The molecule has 0 aliphatic heterocycles. The maximum absolute atomic E-state index is 8.87. The van der Waals surface area contributed by atoms with Crippen LogP contribution in [0.15, 0.2) is 18.2 Å². The van der Waals surface area contributed by atoms with Crippen LogP contribution < -0.4 is 10.1 Å². The molecule has 0 radical (unpaired) electrons. The van der Waals surface area contributed by atoms with Gasteiger partial charge in [0, 0.05) is 6.04 Å². The molecule has 0 saturated heterocycles. The first kappa shape index (κ1) is 13.0. The molecule has 16 heavy (non-hydrogen) atoms. The van der Waals surface area contributed by atoms with E-state index in [1.807, 2.05) is 19.9 Å². The Morgan fingerprint density at radius 2 is 2.19 bits per heavy atom. The highest BCUT2D eigenvalue weighted by atomic mass is 16.5. The average molecular weight is 223 g/mol. The summed E-state index contributed by atoms with van der Waals surface area (Å²) in [5.41, 5.74) is 2.45. The highest BCUT2D eigenvalue weighted by Gasteiger charge is 2.01. The summed E-state index contributed by atoms with van der Waals surface area (Å²) in [6, 6.07) is 6.39. The van der Waals surface area contributed by atoms with Gasteiger partial charge >= 0.3 is 0 Å². The van der Waals surface area contributed by atoms with E-state index in [4.69, 9.17) is 9.84 Å². The predicted octanol–water partition coefficient (Wildman–Crippen LogP) is 1.52. The van der Waals surface area contributed by atoms with Crippen molar-refractivity contribution in [1.82, 2.24) is 5.32 Å². The number of aliphatic hydroxyl groups is 1. The Bertz CT molecular complexity index is 326. The van der Waals surface area contributed by atoms with Crippen LogP contribution in [0.5, 0.6) is 5.75 Å². The average Bonchev–Trinajstić information content (AvgIpc) is 2.29. The molecule has 1 atom stereocenters. The summed E-state index contributed by atoms with van der Waals surface area (Å²) in [7, 11) is 1.69. The molecule has 2 N–H and O–H groups in total. The van der Waals surface area contributed by atoms with E-state index >= 15 is 0 Å². The summed E-state index contributed by atoms with van der Waals surface area (Å²) in [4.78, 5) is 0. The number of hydrogen-bond donors (Lipinski definition) is 2. The van der Waals surface area contributed by atoms with Crippen molar-refractivity contribution in [3.05, 3.63) is 29.3 Å². The molecule has 0 spiro atoms. The third kappa shape index (κ3) is 3.83. The van der Waals surface area contributed by atoms with Gasteiger partial charge in [-0.2, -0.15) is 0 Å².